The fraction of sp³-hybridized carbons (Fsp3) is 0.786. The van der Waals surface area contributed by atoms with Gasteiger partial charge in [0.15, 0.2) is 5.76 Å². The maximum atomic E-state index is 5.42. The van der Waals surface area contributed by atoms with Crippen molar-refractivity contribution in [2.75, 3.05) is 13.1 Å². The van der Waals surface area contributed by atoms with E-state index in [-0.39, 0.29) is 0 Å². The molecular weight excluding hydrogens is 226 g/mol. The van der Waals surface area contributed by atoms with Gasteiger partial charge in [0.1, 0.15) is 0 Å². The number of likely N-dealkylation sites (tertiary alicyclic amines) is 1. The van der Waals surface area contributed by atoms with Crippen LogP contribution in [-0.4, -0.2) is 29.2 Å². The molecule has 0 saturated carbocycles. The van der Waals surface area contributed by atoms with Gasteiger partial charge in [-0.25, -0.2) is 0 Å². The van der Waals surface area contributed by atoms with Gasteiger partial charge >= 0.3 is 0 Å². The normalized spacial score (nSPS) is 21.0. The molecule has 18 heavy (non-hydrogen) atoms. The molecule has 4 nitrogen and oxygen atoms in total. The number of hydrogen-bond acceptors (Lipinski definition) is 4. The molecule has 0 bridgehead atoms. The molecule has 1 N–H and O–H groups in total. The Hall–Kier alpha value is -0.870. The number of hydrogen-bond donors (Lipinski definition) is 1. The predicted octanol–water partition coefficient (Wildman–Crippen LogP) is 2.40. The zero-order valence-corrected chi connectivity index (χ0v) is 11.8. The van der Waals surface area contributed by atoms with Crippen LogP contribution in [0.5, 0.6) is 0 Å². The lowest BCUT2D eigenvalue weighted by Gasteiger charge is -2.26. The second-order valence-electron chi connectivity index (χ2n) is 5.49. The van der Waals surface area contributed by atoms with Crippen LogP contribution in [0.15, 0.2) is 10.6 Å². The van der Waals surface area contributed by atoms with Crippen LogP contribution in [0, 0.1) is 5.92 Å². The minimum Gasteiger partial charge on any atom is -0.360 e. The molecule has 0 spiro atoms. The third-order valence-corrected chi connectivity index (χ3v) is 3.71. The monoisotopic (exact) mass is 251 g/mol. The van der Waals surface area contributed by atoms with Gasteiger partial charge in [0.05, 0.1) is 12.2 Å². The highest BCUT2D eigenvalue weighted by Gasteiger charge is 2.27. The molecule has 1 unspecified atom stereocenters. The van der Waals surface area contributed by atoms with Gasteiger partial charge in [0.2, 0.25) is 0 Å². The second kappa shape index (κ2) is 6.34. The van der Waals surface area contributed by atoms with Crippen LogP contribution in [0.4, 0.5) is 0 Å². The number of nitrogens with zero attached hydrogens (tertiary/aromatic N) is 2. The molecule has 1 aliphatic rings. The SMILES string of the molecule is CCNCc1cc(CN2CCCC2C(C)C)on1. The topological polar surface area (TPSA) is 41.3 Å². The highest BCUT2D eigenvalue weighted by molar-refractivity contribution is 5.05. The molecule has 1 aliphatic heterocycles. The smallest absolute Gasteiger partial charge is 0.151 e. The van der Waals surface area contributed by atoms with Crippen molar-refractivity contribution >= 4 is 0 Å². The maximum Gasteiger partial charge on any atom is 0.151 e. The first-order chi connectivity index (χ1) is 8.70. The third kappa shape index (κ3) is 3.33. The minimum atomic E-state index is 0.701. The first-order valence-electron chi connectivity index (χ1n) is 7.10. The van der Waals surface area contributed by atoms with E-state index in [0.717, 1.165) is 37.0 Å². The zero-order chi connectivity index (χ0) is 13.0. The van der Waals surface area contributed by atoms with Crippen LogP contribution in [0.1, 0.15) is 45.1 Å². The van der Waals surface area contributed by atoms with Crippen molar-refractivity contribution in [1.82, 2.24) is 15.4 Å². The summed E-state index contributed by atoms with van der Waals surface area (Å²) >= 11 is 0. The van der Waals surface area contributed by atoms with E-state index in [9.17, 15) is 0 Å². The van der Waals surface area contributed by atoms with Crippen LogP contribution < -0.4 is 5.32 Å². The van der Waals surface area contributed by atoms with Gasteiger partial charge in [-0.15, -0.1) is 0 Å². The van der Waals surface area contributed by atoms with Gasteiger partial charge < -0.3 is 9.84 Å². The molecular formula is C14H25N3O. The Bertz CT molecular complexity index is 362. The summed E-state index contributed by atoms with van der Waals surface area (Å²) < 4.78 is 5.42. The van der Waals surface area contributed by atoms with E-state index >= 15 is 0 Å². The Morgan fingerprint density at radius 2 is 2.39 bits per heavy atom. The first-order valence-corrected chi connectivity index (χ1v) is 7.10. The van der Waals surface area contributed by atoms with E-state index in [1.54, 1.807) is 0 Å². The second-order valence-corrected chi connectivity index (χ2v) is 5.49. The van der Waals surface area contributed by atoms with E-state index in [2.05, 4.69) is 42.2 Å². The minimum absolute atomic E-state index is 0.701. The molecule has 1 atom stereocenters. The molecule has 0 radical (unpaired) electrons. The van der Waals surface area contributed by atoms with Crippen molar-refractivity contribution in [1.29, 1.82) is 0 Å². The molecule has 0 amide bonds. The standard InChI is InChI=1S/C14H25N3O/c1-4-15-9-12-8-13(18-16-12)10-17-7-5-6-14(17)11(2)3/h8,11,14-15H,4-7,9-10H2,1-3H3. The average Bonchev–Trinajstić information content (AvgIpc) is 2.96. The fourth-order valence-corrected chi connectivity index (χ4v) is 2.77. The van der Waals surface area contributed by atoms with Crippen molar-refractivity contribution in [2.45, 2.75) is 52.7 Å². The van der Waals surface area contributed by atoms with E-state index in [4.69, 9.17) is 4.52 Å². The fourth-order valence-electron chi connectivity index (χ4n) is 2.77. The van der Waals surface area contributed by atoms with Crippen molar-refractivity contribution in [3.05, 3.63) is 17.5 Å². The van der Waals surface area contributed by atoms with Crippen molar-refractivity contribution in [2.24, 2.45) is 5.92 Å². The summed E-state index contributed by atoms with van der Waals surface area (Å²) in [6, 6.07) is 2.78. The van der Waals surface area contributed by atoms with Gasteiger partial charge in [-0.1, -0.05) is 25.9 Å². The maximum absolute atomic E-state index is 5.42. The van der Waals surface area contributed by atoms with Crippen LogP contribution in [-0.2, 0) is 13.1 Å². The Labute approximate surface area is 110 Å². The molecule has 1 saturated heterocycles. The van der Waals surface area contributed by atoms with Crippen molar-refractivity contribution < 1.29 is 4.52 Å². The van der Waals surface area contributed by atoms with E-state index < -0.39 is 0 Å². The summed E-state index contributed by atoms with van der Waals surface area (Å²) in [6.07, 6.45) is 2.62. The lowest BCUT2D eigenvalue weighted by molar-refractivity contribution is 0.178. The summed E-state index contributed by atoms with van der Waals surface area (Å²) in [5.74, 6) is 1.71. The highest BCUT2D eigenvalue weighted by atomic mass is 16.5. The molecule has 0 aliphatic carbocycles. The average molecular weight is 251 g/mol. The van der Waals surface area contributed by atoms with Crippen molar-refractivity contribution in [3.8, 4) is 0 Å². The van der Waals surface area contributed by atoms with Gasteiger partial charge in [-0.05, 0) is 31.8 Å². The lowest BCUT2D eigenvalue weighted by atomic mass is 10.0. The third-order valence-electron chi connectivity index (χ3n) is 3.71. The van der Waals surface area contributed by atoms with Gasteiger partial charge in [-0.3, -0.25) is 4.90 Å². The molecule has 2 rings (SSSR count). The van der Waals surface area contributed by atoms with Crippen LogP contribution >= 0.6 is 0 Å². The Morgan fingerprint density at radius 1 is 1.56 bits per heavy atom. The molecule has 2 heterocycles. The van der Waals surface area contributed by atoms with Gasteiger partial charge in [-0.2, -0.15) is 0 Å². The van der Waals surface area contributed by atoms with Crippen LogP contribution in [0.2, 0.25) is 0 Å². The number of rotatable bonds is 6. The summed E-state index contributed by atoms with van der Waals surface area (Å²) in [7, 11) is 0. The quantitative estimate of drug-likeness (QED) is 0.843. The summed E-state index contributed by atoms with van der Waals surface area (Å²) in [5, 5.41) is 7.36. The zero-order valence-electron chi connectivity index (χ0n) is 11.8. The number of nitrogens with one attached hydrogen (secondary N) is 1. The first kappa shape index (κ1) is 13.6. The van der Waals surface area contributed by atoms with Gasteiger partial charge in [0.25, 0.3) is 0 Å². The van der Waals surface area contributed by atoms with Crippen molar-refractivity contribution in [3.63, 3.8) is 0 Å². The van der Waals surface area contributed by atoms with E-state index in [0.29, 0.717) is 6.04 Å². The molecule has 0 aromatic carbocycles. The molecule has 102 valence electrons. The molecule has 1 aromatic heterocycles. The molecule has 4 heteroatoms. The van der Waals surface area contributed by atoms with Gasteiger partial charge in [0, 0.05) is 18.7 Å². The van der Waals surface area contributed by atoms with Crippen LogP contribution in [0.25, 0.3) is 0 Å². The largest absolute Gasteiger partial charge is 0.360 e. The molecule has 1 aromatic rings. The van der Waals surface area contributed by atoms with Crippen LogP contribution in [0.3, 0.4) is 0 Å². The lowest BCUT2D eigenvalue weighted by Crippen LogP contribution is -2.32. The Kier molecular flexibility index (Phi) is 4.78. The summed E-state index contributed by atoms with van der Waals surface area (Å²) in [4.78, 5) is 2.53. The predicted molar refractivity (Wildman–Crippen MR) is 72.2 cm³/mol. The molecule has 1 fully saturated rings. The Balaban J connectivity index is 1.90. The Morgan fingerprint density at radius 3 is 3.11 bits per heavy atom. The summed E-state index contributed by atoms with van der Waals surface area (Å²) in [5.41, 5.74) is 1.01. The highest BCUT2D eigenvalue weighted by Crippen LogP contribution is 2.25. The number of aromatic nitrogens is 1. The van der Waals surface area contributed by atoms with E-state index in [1.807, 2.05) is 0 Å². The van der Waals surface area contributed by atoms with E-state index in [1.165, 1.54) is 19.4 Å². The summed E-state index contributed by atoms with van der Waals surface area (Å²) in [6.45, 7) is 10.6.